The highest BCUT2D eigenvalue weighted by atomic mass is 16.5. The van der Waals surface area contributed by atoms with Gasteiger partial charge in [0.05, 0.1) is 17.5 Å². The molecule has 0 fully saturated rings. The Hall–Kier alpha value is -3.74. The molecule has 4 rings (SSSR count). The van der Waals surface area contributed by atoms with Crippen LogP contribution in [0.4, 0.5) is 0 Å². The van der Waals surface area contributed by atoms with Crippen LogP contribution in [0.1, 0.15) is 28.7 Å². The van der Waals surface area contributed by atoms with Crippen LogP contribution in [-0.2, 0) is 16.0 Å². The maximum Gasteiger partial charge on any atom is 0.312 e. The van der Waals surface area contributed by atoms with Crippen molar-refractivity contribution in [3.63, 3.8) is 0 Å². The van der Waals surface area contributed by atoms with E-state index in [0.717, 1.165) is 16.6 Å². The number of rotatable bonds is 5. The van der Waals surface area contributed by atoms with E-state index in [0.29, 0.717) is 22.0 Å². The summed E-state index contributed by atoms with van der Waals surface area (Å²) in [5.41, 5.74) is 2.18. The fraction of sp³-hybridized carbons (Fsp3) is 0.182. The SMILES string of the molecule is Cc1[nH]c2ccccc2c1C(=O)C(C)OC(=O)Cc1n[nH]c(=O)c2ccccc12. The lowest BCUT2D eigenvalue weighted by Gasteiger charge is -2.13. The number of aromatic nitrogens is 3. The van der Waals surface area contributed by atoms with Gasteiger partial charge in [-0.2, -0.15) is 5.10 Å². The number of carbonyl (C=O) groups excluding carboxylic acids is 2. The van der Waals surface area contributed by atoms with Crippen LogP contribution < -0.4 is 5.56 Å². The fourth-order valence-corrected chi connectivity index (χ4v) is 3.53. The second-order valence-electron chi connectivity index (χ2n) is 6.89. The average Bonchev–Trinajstić information content (AvgIpc) is 3.05. The molecule has 7 heteroatoms. The van der Waals surface area contributed by atoms with E-state index >= 15 is 0 Å². The minimum absolute atomic E-state index is 0.151. The summed E-state index contributed by atoms with van der Waals surface area (Å²) in [6.45, 7) is 3.37. The Morgan fingerprint density at radius 3 is 2.45 bits per heavy atom. The maximum atomic E-state index is 12.9. The Bertz CT molecular complexity index is 1300. The number of hydrogen-bond donors (Lipinski definition) is 2. The number of Topliss-reactive ketones (excluding diaryl/α,β-unsaturated/α-hetero) is 1. The number of H-pyrrole nitrogens is 2. The van der Waals surface area contributed by atoms with E-state index in [1.807, 2.05) is 31.2 Å². The number of hydrogen-bond acceptors (Lipinski definition) is 5. The number of nitrogens with zero attached hydrogens (tertiary/aromatic N) is 1. The number of nitrogens with one attached hydrogen (secondary N) is 2. The lowest BCUT2D eigenvalue weighted by molar-refractivity contribution is -0.145. The van der Waals surface area contributed by atoms with Crippen molar-refractivity contribution in [2.45, 2.75) is 26.4 Å². The second kappa shape index (κ2) is 7.35. The zero-order valence-electron chi connectivity index (χ0n) is 16.0. The van der Waals surface area contributed by atoms with Gasteiger partial charge in [0.2, 0.25) is 5.78 Å². The zero-order chi connectivity index (χ0) is 20.5. The highest BCUT2D eigenvalue weighted by Crippen LogP contribution is 2.24. The van der Waals surface area contributed by atoms with Gasteiger partial charge in [0.25, 0.3) is 5.56 Å². The number of esters is 1. The molecule has 0 saturated heterocycles. The van der Waals surface area contributed by atoms with Crippen molar-refractivity contribution in [1.82, 2.24) is 15.2 Å². The maximum absolute atomic E-state index is 12.9. The molecular formula is C22H19N3O4. The molecule has 2 aromatic carbocycles. The Labute approximate surface area is 165 Å². The predicted octanol–water partition coefficient (Wildman–Crippen LogP) is 3.07. The standard InChI is InChI=1S/C22H19N3O4/c1-12-20(16-9-5-6-10-17(16)23-12)21(27)13(2)29-19(26)11-18-14-7-3-4-8-15(14)22(28)25-24-18/h3-10,13,23H,11H2,1-2H3,(H,25,28). The third-order valence-electron chi connectivity index (χ3n) is 4.90. The number of fused-ring (bicyclic) bond motifs is 2. The highest BCUT2D eigenvalue weighted by molar-refractivity contribution is 6.11. The van der Waals surface area contributed by atoms with E-state index in [-0.39, 0.29) is 17.8 Å². The molecule has 2 aromatic heterocycles. The summed E-state index contributed by atoms with van der Waals surface area (Å²) in [5.74, 6) is -0.861. The summed E-state index contributed by atoms with van der Waals surface area (Å²) >= 11 is 0. The molecule has 0 aliphatic heterocycles. The number of para-hydroxylation sites is 1. The molecule has 146 valence electrons. The van der Waals surface area contributed by atoms with Crippen LogP contribution in [0.15, 0.2) is 53.3 Å². The van der Waals surface area contributed by atoms with Crippen molar-refractivity contribution in [3.05, 3.63) is 75.8 Å². The normalized spacial score (nSPS) is 12.2. The number of ether oxygens (including phenoxy) is 1. The fourth-order valence-electron chi connectivity index (χ4n) is 3.53. The molecule has 0 amide bonds. The van der Waals surface area contributed by atoms with Crippen molar-refractivity contribution in [3.8, 4) is 0 Å². The number of carbonyl (C=O) groups is 2. The smallest absolute Gasteiger partial charge is 0.312 e. The summed E-state index contributed by atoms with van der Waals surface area (Å²) in [6.07, 6.45) is -1.10. The van der Waals surface area contributed by atoms with Crippen LogP contribution in [0.2, 0.25) is 0 Å². The van der Waals surface area contributed by atoms with Gasteiger partial charge in [0.15, 0.2) is 6.10 Å². The van der Waals surface area contributed by atoms with Gasteiger partial charge >= 0.3 is 5.97 Å². The molecule has 2 N–H and O–H groups in total. The summed E-state index contributed by atoms with van der Waals surface area (Å²) < 4.78 is 5.39. The average molecular weight is 389 g/mol. The molecule has 29 heavy (non-hydrogen) atoms. The van der Waals surface area contributed by atoms with Crippen molar-refractivity contribution in [2.24, 2.45) is 0 Å². The monoisotopic (exact) mass is 389 g/mol. The predicted molar refractivity (Wildman–Crippen MR) is 109 cm³/mol. The lowest BCUT2D eigenvalue weighted by Crippen LogP contribution is -2.26. The number of aryl methyl sites for hydroxylation is 1. The Balaban J connectivity index is 1.54. The minimum atomic E-state index is -0.950. The molecule has 1 atom stereocenters. The molecule has 0 radical (unpaired) electrons. The first-order valence-electron chi connectivity index (χ1n) is 9.23. The van der Waals surface area contributed by atoms with Crippen LogP contribution in [0.25, 0.3) is 21.7 Å². The highest BCUT2D eigenvalue weighted by Gasteiger charge is 2.25. The molecule has 1 unspecified atom stereocenters. The van der Waals surface area contributed by atoms with E-state index < -0.39 is 12.1 Å². The first-order chi connectivity index (χ1) is 14.0. The summed E-state index contributed by atoms with van der Waals surface area (Å²) in [5, 5.41) is 8.19. The largest absolute Gasteiger partial charge is 0.454 e. The van der Waals surface area contributed by atoms with Gasteiger partial charge in [-0.1, -0.05) is 36.4 Å². The third kappa shape index (κ3) is 3.42. The van der Waals surface area contributed by atoms with Gasteiger partial charge < -0.3 is 9.72 Å². The Kier molecular flexibility index (Phi) is 4.72. The van der Waals surface area contributed by atoms with Crippen LogP contribution in [-0.4, -0.2) is 33.0 Å². The van der Waals surface area contributed by atoms with Gasteiger partial charge in [-0.25, -0.2) is 5.10 Å². The zero-order valence-corrected chi connectivity index (χ0v) is 16.0. The molecule has 7 nitrogen and oxygen atoms in total. The van der Waals surface area contributed by atoms with E-state index in [4.69, 9.17) is 4.74 Å². The van der Waals surface area contributed by atoms with Crippen molar-refractivity contribution in [2.75, 3.05) is 0 Å². The van der Waals surface area contributed by atoms with Gasteiger partial charge in [0.1, 0.15) is 0 Å². The van der Waals surface area contributed by atoms with E-state index in [9.17, 15) is 14.4 Å². The topological polar surface area (TPSA) is 105 Å². The second-order valence-corrected chi connectivity index (χ2v) is 6.89. The molecule has 2 heterocycles. The quantitative estimate of drug-likeness (QED) is 0.403. The summed E-state index contributed by atoms with van der Waals surface area (Å²) in [6, 6.07) is 14.4. The van der Waals surface area contributed by atoms with Crippen LogP contribution in [0, 0.1) is 6.92 Å². The van der Waals surface area contributed by atoms with E-state index in [1.54, 1.807) is 31.2 Å². The first kappa shape index (κ1) is 18.6. The number of ketones is 1. The lowest BCUT2D eigenvalue weighted by atomic mass is 10.0. The van der Waals surface area contributed by atoms with Gasteiger partial charge in [0, 0.05) is 27.5 Å². The van der Waals surface area contributed by atoms with Crippen molar-refractivity contribution >= 4 is 33.4 Å². The summed E-state index contributed by atoms with van der Waals surface area (Å²) in [4.78, 5) is 40.4. The third-order valence-corrected chi connectivity index (χ3v) is 4.90. The molecule has 0 saturated carbocycles. The molecule has 0 spiro atoms. The number of benzene rings is 2. The summed E-state index contributed by atoms with van der Waals surface area (Å²) in [7, 11) is 0. The van der Waals surface area contributed by atoms with E-state index in [1.165, 1.54) is 0 Å². The van der Waals surface area contributed by atoms with Crippen LogP contribution in [0.3, 0.4) is 0 Å². The molecule has 0 bridgehead atoms. The van der Waals surface area contributed by atoms with Crippen molar-refractivity contribution in [1.29, 1.82) is 0 Å². The molecule has 4 aromatic rings. The molecule has 0 aliphatic rings. The number of aromatic amines is 2. The van der Waals surface area contributed by atoms with Crippen LogP contribution >= 0.6 is 0 Å². The molecular weight excluding hydrogens is 370 g/mol. The van der Waals surface area contributed by atoms with Crippen LogP contribution in [0.5, 0.6) is 0 Å². The first-order valence-corrected chi connectivity index (χ1v) is 9.23. The van der Waals surface area contributed by atoms with E-state index in [2.05, 4.69) is 15.2 Å². The Morgan fingerprint density at radius 1 is 1.03 bits per heavy atom. The Morgan fingerprint density at radius 2 is 1.69 bits per heavy atom. The molecule has 0 aliphatic carbocycles. The van der Waals surface area contributed by atoms with Gasteiger partial charge in [-0.3, -0.25) is 14.4 Å². The van der Waals surface area contributed by atoms with Gasteiger partial charge in [-0.15, -0.1) is 0 Å². The van der Waals surface area contributed by atoms with Gasteiger partial charge in [-0.05, 0) is 26.0 Å². The van der Waals surface area contributed by atoms with Crippen molar-refractivity contribution < 1.29 is 14.3 Å². The minimum Gasteiger partial charge on any atom is -0.454 e.